The van der Waals surface area contributed by atoms with E-state index < -0.39 is 0 Å². The molecule has 1 aliphatic rings. The number of aryl methyl sites for hydroxylation is 2. The molecule has 0 saturated carbocycles. The third kappa shape index (κ3) is 4.72. The first-order valence-electron chi connectivity index (χ1n) is 9.87. The number of methoxy groups -OCH3 is 2. The molecule has 1 aromatic heterocycles. The molecule has 0 spiro atoms. The molecule has 0 aliphatic carbocycles. The van der Waals surface area contributed by atoms with Gasteiger partial charge in [-0.25, -0.2) is 0 Å². The highest BCUT2D eigenvalue weighted by Gasteiger charge is 2.30. The van der Waals surface area contributed by atoms with E-state index in [-0.39, 0.29) is 17.7 Å². The third-order valence-corrected chi connectivity index (χ3v) is 5.39. The smallest absolute Gasteiger partial charge is 0.270 e. The van der Waals surface area contributed by atoms with Crippen LogP contribution in [0.3, 0.4) is 0 Å². The molecule has 1 saturated heterocycles. The summed E-state index contributed by atoms with van der Waals surface area (Å²) >= 11 is 0. The molecular weight excluding hydrogens is 370 g/mol. The molecule has 1 fully saturated rings. The largest absolute Gasteiger partial charge is 0.497 e. The molecule has 2 heterocycles. The van der Waals surface area contributed by atoms with Gasteiger partial charge < -0.3 is 24.7 Å². The minimum atomic E-state index is -0.215. The second kappa shape index (κ2) is 9.03. The van der Waals surface area contributed by atoms with Crippen LogP contribution in [0.2, 0.25) is 0 Å². The lowest BCUT2D eigenvalue weighted by atomic mass is 9.96. The van der Waals surface area contributed by atoms with Gasteiger partial charge in [-0.05, 0) is 50.5 Å². The molecule has 2 amide bonds. The van der Waals surface area contributed by atoms with Gasteiger partial charge in [-0.15, -0.1) is 0 Å². The molecular formula is C22H29N3O4. The van der Waals surface area contributed by atoms with Gasteiger partial charge in [-0.1, -0.05) is 0 Å². The summed E-state index contributed by atoms with van der Waals surface area (Å²) in [4.78, 5) is 30.5. The van der Waals surface area contributed by atoms with Crippen LogP contribution >= 0.6 is 0 Å². The van der Waals surface area contributed by atoms with Crippen LogP contribution in [0.15, 0.2) is 24.3 Å². The van der Waals surface area contributed by atoms with Crippen molar-refractivity contribution in [3.8, 4) is 11.5 Å². The number of hydrogen-bond donors (Lipinski definition) is 2. The van der Waals surface area contributed by atoms with E-state index in [0.717, 1.165) is 29.7 Å². The van der Waals surface area contributed by atoms with Crippen molar-refractivity contribution in [3.63, 3.8) is 0 Å². The van der Waals surface area contributed by atoms with Crippen LogP contribution in [-0.2, 0) is 11.3 Å². The lowest BCUT2D eigenvalue weighted by Crippen LogP contribution is -2.45. The molecule has 29 heavy (non-hydrogen) atoms. The number of ether oxygens (including phenoxy) is 2. The van der Waals surface area contributed by atoms with Gasteiger partial charge in [0.25, 0.3) is 5.91 Å². The number of nitrogens with one attached hydrogen (secondary N) is 2. The zero-order chi connectivity index (χ0) is 21.0. The summed E-state index contributed by atoms with van der Waals surface area (Å²) < 4.78 is 10.6. The summed E-state index contributed by atoms with van der Waals surface area (Å²) in [6.07, 6.45) is 1.59. The Morgan fingerprint density at radius 2 is 2.00 bits per heavy atom. The highest BCUT2D eigenvalue weighted by molar-refractivity contribution is 5.94. The molecule has 1 atom stereocenters. The summed E-state index contributed by atoms with van der Waals surface area (Å²) in [6.45, 7) is 5.33. The molecule has 1 aromatic carbocycles. The van der Waals surface area contributed by atoms with Crippen molar-refractivity contribution in [2.45, 2.75) is 33.2 Å². The number of carbonyl (C=O) groups is 2. The van der Waals surface area contributed by atoms with Crippen LogP contribution < -0.4 is 14.8 Å². The normalized spacial score (nSPS) is 16.4. The first-order valence-corrected chi connectivity index (χ1v) is 9.87. The maximum Gasteiger partial charge on any atom is 0.270 e. The molecule has 7 heteroatoms. The van der Waals surface area contributed by atoms with Gasteiger partial charge in [0.05, 0.1) is 20.1 Å². The Balaban J connectivity index is 1.61. The number of rotatable bonds is 6. The van der Waals surface area contributed by atoms with Gasteiger partial charge in [0.15, 0.2) is 0 Å². The number of carbonyl (C=O) groups excluding carboxylic acids is 2. The number of amides is 2. The Kier molecular flexibility index (Phi) is 6.46. The number of H-pyrrole nitrogens is 1. The number of nitrogens with zero attached hydrogens (tertiary/aromatic N) is 1. The van der Waals surface area contributed by atoms with Gasteiger partial charge in [0.2, 0.25) is 5.91 Å². The second-order valence-corrected chi connectivity index (χ2v) is 7.50. The Bertz CT molecular complexity index is 890. The first-order chi connectivity index (χ1) is 13.9. The Morgan fingerprint density at radius 3 is 2.66 bits per heavy atom. The molecule has 3 rings (SSSR count). The van der Waals surface area contributed by atoms with Crippen molar-refractivity contribution >= 4 is 11.8 Å². The predicted molar refractivity (Wildman–Crippen MR) is 110 cm³/mol. The number of hydrogen-bond acceptors (Lipinski definition) is 4. The zero-order valence-electron chi connectivity index (χ0n) is 17.5. The lowest BCUT2D eigenvalue weighted by Gasteiger charge is -2.32. The fourth-order valence-corrected chi connectivity index (χ4v) is 3.81. The van der Waals surface area contributed by atoms with Gasteiger partial charge in [-0.3, -0.25) is 9.59 Å². The first kappa shape index (κ1) is 20.8. The minimum absolute atomic E-state index is 0.0371. The quantitative estimate of drug-likeness (QED) is 0.782. The fourth-order valence-electron chi connectivity index (χ4n) is 3.81. The Morgan fingerprint density at radius 1 is 1.21 bits per heavy atom. The molecule has 2 N–H and O–H groups in total. The summed E-state index contributed by atoms with van der Waals surface area (Å²) in [7, 11) is 3.19. The maximum atomic E-state index is 12.9. The van der Waals surface area contributed by atoms with Crippen molar-refractivity contribution in [2.24, 2.45) is 5.92 Å². The highest BCUT2D eigenvalue weighted by Crippen LogP contribution is 2.25. The number of benzene rings is 1. The minimum Gasteiger partial charge on any atom is -0.497 e. The lowest BCUT2D eigenvalue weighted by molar-refractivity contribution is -0.126. The zero-order valence-corrected chi connectivity index (χ0v) is 17.5. The van der Waals surface area contributed by atoms with Crippen LogP contribution in [0.1, 0.15) is 40.2 Å². The van der Waals surface area contributed by atoms with E-state index in [9.17, 15) is 9.59 Å². The molecule has 1 aliphatic heterocycles. The van der Waals surface area contributed by atoms with Crippen LogP contribution in [0.5, 0.6) is 11.5 Å². The maximum absolute atomic E-state index is 12.9. The van der Waals surface area contributed by atoms with Crippen molar-refractivity contribution in [3.05, 3.63) is 46.8 Å². The van der Waals surface area contributed by atoms with Gasteiger partial charge >= 0.3 is 0 Å². The van der Waals surface area contributed by atoms with E-state index in [1.807, 2.05) is 32.0 Å². The van der Waals surface area contributed by atoms with E-state index in [1.54, 1.807) is 25.2 Å². The Hall–Kier alpha value is -2.96. The monoisotopic (exact) mass is 399 g/mol. The number of piperidine rings is 1. The van der Waals surface area contributed by atoms with E-state index >= 15 is 0 Å². The van der Waals surface area contributed by atoms with Crippen molar-refractivity contribution in [1.82, 2.24) is 15.2 Å². The molecule has 2 aromatic rings. The van der Waals surface area contributed by atoms with E-state index in [4.69, 9.17) is 9.47 Å². The van der Waals surface area contributed by atoms with E-state index in [1.165, 1.54) is 0 Å². The van der Waals surface area contributed by atoms with Gasteiger partial charge in [0, 0.05) is 37.0 Å². The summed E-state index contributed by atoms with van der Waals surface area (Å²) in [5.41, 5.74) is 3.39. The second-order valence-electron chi connectivity index (χ2n) is 7.50. The topological polar surface area (TPSA) is 83.7 Å². The van der Waals surface area contributed by atoms with Crippen LogP contribution in [0.25, 0.3) is 0 Å². The van der Waals surface area contributed by atoms with Crippen molar-refractivity contribution in [2.75, 3.05) is 27.3 Å². The van der Waals surface area contributed by atoms with E-state index in [2.05, 4.69) is 10.3 Å². The Labute approximate surface area is 171 Å². The molecule has 0 bridgehead atoms. The van der Waals surface area contributed by atoms with Gasteiger partial charge in [-0.2, -0.15) is 0 Å². The third-order valence-electron chi connectivity index (χ3n) is 5.39. The van der Waals surface area contributed by atoms with Crippen LogP contribution in [0, 0.1) is 19.8 Å². The molecule has 7 nitrogen and oxygen atoms in total. The average molecular weight is 399 g/mol. The summed E-state index contributed by atoms with van der Waals surface area (Å²) in [5.74, 6) is 1.08. The average Bonchev–Trinajstić information content (AvgIpc) is 3.09. The van der Waals surface area contributed by atoms with Crippen LogP contribution in [0.4, 0.5) is 0 Å². The fraction of sp³-hybridized carbons (Fsp3) is 0.455. The highest BCUT2D eigenvalue weighted by atomic mass is 16.5. The predicted octanol–water partition coefficient (Wildman–Crippen LogP) is 2.82. The van der Waals surface area contributed by atoms with Crippen molar-refractivity contribution in [1.29, 1.82) is 0 Å². The SMILES string of the molecule is COc1ccc(CNC(=O)[C@H]2CCCN(C(=O)c3[nH]c(C)cc3C)C2)c(OC)c1. The number of aromatic nitrogens is 1. The number of aromatic amines is 1. The molecule has 156 valence electrons. The molecule has 0 radical (unpaired) electrons. The standard InChI is InChI=1S/C22H29N3O4/c1-14-10-15(2)24-20(14)22(27)25-9-5-6-17(13-25)21(26)23-12-16-7-8-18(28-3)11-19(16)29-4/h7-8,10-11,17,24H,5-6,9,12-13H2,1-4H3,(H,23,26)/t17-/m0/s1. The summed E-state index contributed by atoms with van der Waals surface area (Å²) in [5, 5.41) is 2.99. The number of likely N-dealkylation sites (tertiary alicyclic amines) is 1. The van der Waals surface area contributed by atoms with E-state index in [0.29, 0.717) is 36.8 Å². The van der Waals surface area contributed by atoms with Gasteiger partial charge in [0.1, 0.15) is 17.2 Å². The molecule has 0 unspecified atom stereocenters. The summed E-state index contributed by atoms with van der Waals surface area (Å²) in [6, 6.07) is 7.48. The van der Waals surface area contributed by atoms with Crippen molar-refractivity contribution < 1.29 is 19.1 Å². The van der Waals surface area contributed by atoms with Crippen LogP contribution in [-0.4, -0.2) is 49.0 Å².